The molecule has 0 spiro atoms. The van der Waals surface area contributed by atoms with Crippen molar-refractivity contribution in [2.24, 2.45) is 0 Å². The highest BCUT2D eigenvalue weighted by Crippen LogP contribution is 2.18. The number of aliphatic hydroxyl groups is 1. The van der Waals surface area contributed by atoms with Gasteiger partial charge < -0.3 is 10.0 Å². The summed E-state index contributed by atoms with van der Waals surface area (Å²) in [6.45, 7) is 0.730. The second-order valence-electron chi connectivity index (χ2n) is 4.56. The van der Waals surface area contributed by atoms with Crippen LogP contribution in [0, 0.1) is 0 Å². The van der Waals surface area contributed by atoms with E-state index in [1.54, 1.807) is 19.0 Å². The van der Waals surface area contributed by atoms with Crippen LogP contribution in [0.1, 0.15) is 11.7 Å². The molecule has 0 heterocycles. The zero-order chi connectivity index (χ0) is 13.7. The second kappa shape index (κ2) is 6.87. The standard InChI is InChI=1S/C13H19BrN2O2/c1-15(2)13(18)9-16(3)8-12(17)10-5-4-6-11(14)7-10/h4-7,12,17H,8-9H2,1-3H3. The molecule has 1 aromatic rings. The predicted molar refractivity (Wildman–Crippen MR) is 75.3 cm³/mol. The molecule has 100 valence electrons. The van der Waals surface area contributed by atoms with E-state index in [-0.39, 0.29) is 5.91 Å². The molecule has 0 aliphatic carbocycles. The van der Waals surface area contributed by atoms with Crippen molar-refractivity contribution in [3.05, 3.63) is 34.3 Å². The average Bonchev–Trinajstić information content (AvgIpc) is 2.28. The van der Waals surface area contributed by atoms with Gasteiger partial charge in [0.15, 0.2) is 0 Å². The Bertz CT molecular complexity index is 410. The maximum Gasteiger partial charge on any atom is 0.236 e. The summed E-state index contributed by atoms with van der Waals surface area (Å²) < 4.78 is 0.936. The normalized spacial score (nSPS) is 12.6. The number of amides is 1. The van der Waals surface area contributed by atoms with Crippen molar-refractivity contribution in [1.82, 2.24) is 9.80 Å². The molecule has 1 atom stereocenters. The lowest BCUT2D eigenvalue weighted by Crippen LogP contribution is -2.36. The number of hydrogen-bond donors (Lipinski definition) is 1. The molecule has 0 aliphatic rings. The van der Waals surface area contributed by atoms with Gasteiger partial charge in [0.25, 0.3) is 0 Å². The zero-order valence-electron chi connectivity index (χ0n) is 10.9. The Morgan fingerprint density at radius 2 is 2.06 bits per heavy atom. The number of benzene rings is 1. The Balaban J connectivity index is 2.54. The van der Waals surface area contributed by atoms with Gasteiger partial charge in [-0.1, -0.05) is 28.1 Å². The topological polar surface area (TPSA) is 43.8 Å². The maximum atomic E-state index is 11.5. The Morgan fingerprint density at radius 1 is 1.39 bits per heavy atom. The fraction of sp³-hybridized carbons (Fsp3) is 0.462. The van der Waals surface area contributed by atoms with Gasteiger partial charge in [0, 0.05) is 25.1 Å². The van der Waals surface area contributed by atoms with E-state index in [2.05, 4.69) is 15.9 Å². The Hall–Kier alpha value is -0.910. The van der Waals surface area contributed by atoms with Crippen LogP contribution in [-0.2, 0) is 4.79 Å². The third-order valence-corrected chi connectivity index (χ3v) is 3.12. The third-order valence-electron chi connectivity index (χ3n) is 2.62. The summed E-state index contributed by atoms with van der Waals surface area (Å²) >= 11 is 3.37. The summed E-state index contributed by atoms with van der Waals surface area (Å²) in [6, 6.07) is 7.55. The van der Waals surface area contributed by atoms with E-state index in [1.807, 2.05) is 36.2 Å². The molecule has 18 heavy (non-hydrogen) atoms. The van der Waals surface area contributed by atoms with Gasteiger partial charge >= 0.3 is 0 Å². The molecular weight excluding hydrogens is 296 g/mol. The summed E-state index contributed by atoms with van der Waals surface area (Å²) in [5.41, 5.74) is 0.841. The molecule has 0 bridgehead atoms. The SMILES string of the molecule is CN(CC(=O)N(C)C)CC(O)c1cccc(Br)c1. The van der Waals surface area contributed by atoms with Crippen LogP contribution < -0.4 is 0 Å². The van der Waals surface area contributed by atoms with Gasteiger partial charge in [-0.05, 0) is 24.7 Å². The number of carbonyl (C=O) groups excluding carboxylic acids is 1. The largest absolute Gasteiger partial charge is 0.387 e. The van der Waals surface area contributed by atoms with Crippen molar-refractivity contribution in [2.75, 3.05) is 34.2 Å². The lowest BCUT2D eigenvalue weighted by atomic mass is 10.1. The fourth-order valence-corrected chi connectivity index (χ4v) is 1.97. The van der Waals surface area contributed by atoms with Gasteiger partial charge in [0.05, 0.1) is 12.6 Å². The van der Waals surface area contributed by atoms with Crippen molar-refractivity contribution in [2.45, 2.75) is 6.10 Å². The first-order valence-electron chi connectivity index (χ1n) is 5.72. The van der Waals surface area contributed by atoms with E-state index in [0.29, 0.717) is 13.1 Å². The van der Waals surface area contributed by atoms with Crippen molar-refractivity contribution < 1.29 is 9.90 Å². The van der Waals surface area contributed by atoms with E-state index in [9.17, 15) is 9.90 Å². The van der Waals surface area contributed by atoms with Gasteiger partial charge in [0.2, 0.25) is 5.91 Å². The van der Waals surface area contributed by atoms with E-state index in [1.165, 1.54) is 0 Å². The van der Waals surface area contributed by atoms with Gasteiger partial charge in [-0.3, -0.25) is 9.69 Å². The number of rotatable bonds is 5. The van der Waals surface area contributed by atoms with Crippen LogP contribution in [0.3, 0.4) is 0 Å². The zero-order valence-corrected chi connectivity index (χ0v) is 12.5. The minimum absolute atomic E-state index is 0.0268. The van der Waals surface area contributed by atoms with Gasteiger partial charge in [-0.2, -0.15) is 0 Å². The molecule has 1 N–H and O–H groups in total. The van der Waals surface area contributed by atoms with Crippen LogP contribution in [0.2, 0.25) is 0 Å². The highest BCUT2D eigenvalue weighted by molar-refractivity contribution is 9.10. The number of carbonyl (C=O) groups is 1. The molecule has 0 aromatic heterocycles. The minimum Gasteiger partial charge on any atom is -0.387 e. The number of nitrogens with zero attached hydrogens (tertiary/aromatic N) is 2. The summed E-state index contributed by atoms with van der Waals surface area (Å²) in [5.74, 6) is 0.0268. The lowest BCUT2D eigenvalue weighted by molar-refractivity contribution is -0.129. The van der Waals surface area contributed by atoms with Crippen molar-refractivity contribution >= 4 is 21.8 Å². The highest BCUT2D eigenvalue weighted by atomic mass is 79.9. The van der Waals surface area contributed by atoms with Gasteiger partial charge in [0.1, 0.15) is 0 Å². The van der Waals surface area contributed by atoms with Crippen LogP contribution in [0.25, 0.3) is 0 Å². The number of hydrogen-bond acceptors (Lipinski definition) is 3. The number of aliphatic hydroxyl groups excluding tert-OH is 1. The molecule has 1 amide bonds. The smallest absolute Gasteiger partial charge is 0.236 e. The molecule has 1 unspecified atom stereocenters. The van der Waals surface area contributed by atoms with E-state index in [4.69, 9.17) is 0 Å². The highest BCUT2D eigenvalue weighted by Gasteiger charge is 2.14. The summed E-state index contributed by atoms with van der Waals surface area (Å²) in [5, 5.41) is 10.1. The second-order valence-corrected chi connectivity index (χ2v) is 5.47. The van der Waals surface area contributed by atoms with E-state index in [0.717, 1.165) is 10.0 Å². The molecule has 0 fully saturated rings. The molecule has 4 nitrogen and oxygen atoms in total. The van der Waals surface area contributed by atoms with Gasteiger partial charge in [-0.15, -0.1) is 0 Å². The first-order valence-corrected chi connectivity index (χ1v) is 6.51. The molecule has 5 heteroatoms. The molecule has 0 saturated carbocycles. The molecule has 1 rings (SSSR count). The van der Waals surface area contributed by atoms with Crippen molar-refractivity contribution in [1.29, 1.82) is 0 Å². The average molecular weight is 315 g/mol. The Kier molecular flexibility index (Phi) is 5.78. The van der Waals surface area contributed by atoms with Crippen molar-refractivity contribution in [3.8, 4) is 0 Å². The van der Waals surface area contributed by atoms with Crippen LogP contribution >= 0.6 is 15.9 Å². The van der Waals surface area contributed by atoms with Crippen molar-refractivity contribution in [3.63, 3.8) is 0 Å². The Labute approximate surface area is 116 Å². The first kappa shape index (κ1) is 15.1. The van der Waals surface area contributed by atoms with Crippen LogP contribution in [-0.4, -0.2) is 55.0 Å². The maximum absolute atomic E-state index is 11.5. The minimum atomic E-state index is -0.595. The predicted octanol–water partition coefficient (Wildman–Crippen LogP) is 1.50. The fourth-order valence-electron chi connectivity index (χ4n) is 1.55. The summed E-state index contributed by atoms with van der Waals surface area (Å²) in [6.07, 6.45) is -0.595. The molecule has 0 saturated heterocycles. The first-order chi connectivity index (χ1) is 8.40. The van der Waals surface area contributed by atoms with Crippen LogP contribution in [0.15, 0.2) is 28.7 Å². The molecule has 0 aliphatic heterocycles. The van der Waals surface area contributed by atoms with Crippen LogP contribution in [0.5, 0.6) is 0 Å². The van der Waals surface area contributed by atoms with E-state index >= 15 is 0 Å². The Morgan fingerprint density at radius 3 is 2.61 bits per heavy atom. The van der Waals surface area contributed by atoms with Gasteiger partial charge in [-0.25, -0.2) is 0 Å². The third kappa shape index (κ3) is 4.76. The van der Waals surface area contributed by atoms with Crippen LogP contribution in [0.4, 0.5) is 0 Å². The number of likely N-dealkylation sites (N-methyl/N-ethyl adjacent to an activating group) is 2. The molecule has 1 aromatic carbocycles. The number of halogens is 1. The lowest BCUT2D eigenvalue weighted by Gasteiger charge is -2.22. The molecule has 0 radical (unpaired) electrons. The molecular formula is C13H19BrN2O2. The van der Waals surface area contributed by atoms with E-state index < -0.39 is 6.10 Å². The quantitative estimate of drug-likeness (QED) is 0.896. The monoisotopic (exact) mass is 314 g/mol. The summed E-state index contributed by atoms with van der Waals surface area (Å²) in [7, 11) is 5.27. The summed E-state index contributed by atoms with van der Waals surface area (Å²) in [4.78, 5) is 14.9.